The molecular weight excluding hydrogens is 542 g/mol. The third-order valence-electron chi connectivity index (χ3n) is 7.11. The summed E-state index contributed by atoms with van der Waals surface area (Å²) in [6, 6.07) is 1.23. The molecule has 11 nitrogen and oxygen atoms in total. The van der Waals surface area contributed by atoms with E-state index >= 15 is 0 Å². The number of rotatable bonds is 5. The maximum atomic E-state index is 13.0. The van der Waals surface area contributed by atoms with Gasteiger partial charge >= 0.3 is 6.09 Å². The number of aliphatic hydroxyl groups is 1. The van der Waals surface area contributed by atoms with Crippen molar-refractivity contribution in [3.63, 3.8) is 0 Å². The predicted molar refractivity (Wildman–Crippen MR) is 162 cm³/mol. The highest BCUT2D eigenvalue weighted by molar-refractivity contribution is 6.04. The van der Waals surface area contributed by atoms with Crippen LogP contribution in [0.4, 0.5) is 16.2 Å². The van der Waals surface area contributed by atoms with Gasteiger partial charge in [0.1, 0.15) is 23.3 Å². The van der Waals surface area contributed by atoms with E-state index in [-0.39, 0.29) is 40.8 Å². The lowest BCUT2D eigenvalue weighted by atomic mass is 9.87. The van der Waals surface area contributed by atoms with Crippen molar-refractivity contribution in [1.29, 1.82) is 0 Å². The monoisotopic (exact) mass is 585 g/mol. The van der Waals surface area contributed by atoms with Gasteiger partial charge in [0.05, 0.1) is 17.9 Å². The summed E-state index contributed by atoms with van der Waals surface area (Å²) in [6.07, 6.45) is 5.69. The Bertz CT molecular complexity index is 1250. The molecule has 42 heavy (non-hydrogen) atoms. The molecule has 1 aromatic rings. The fourth-order valence-corrected chi connectivity index (χ4v) is 4.87. The fraction of sp³-hybridized carbons (Fsp3) is 0.452. The summed E-state index contributed by atoms with van der Waals surface area (Å²) >= 11 is 0. The van der Waals surface area contributed by atoms with Gasteiger partial charge in [0.15, 0.2) is 6.10 Å². The summed E-state index contributed by atoms with van der Waals surface area (Å²) < 4.78 is 16.6. The van der Waals surface area contributed by atoms with Crippen LogP contribution in [0, 0.1) is 11.8 Å². The minimum absolute atomic E-state index is 0.00774. The van der Waals surface area contributed by atoms with Gasteiger partial charge in [-0.3, -0.25) is 9.79 Å². The number of aromatic hydroxyl groups is 2. The Balaban J connectivity index is 2.69. The van der Waals surface area contributed by atoms with Crippen LogP contribution in [0.15, 0.2) is 59.2 Å². The van der Waals surface area contributed by atoms with E-state index in [0.717, 1.165) is 0 Å². The molecule has 0 saturated carbocycles. The molecule has 1 heterocycles. The standard InChI is InChI=1S/C31H43N3O8/c1-8-12-33-26-21-13-17(2)14-25(41-7)27(36)19(4)15-20(5)29(42-31(32)39)24(40-6)11-9-10-18(3)30(38)34-22(28(21)37)16-23(26)35/h8-12,15-17,19,24-25,27,29,35-37H,1,13-14H2,2-7H3,(H2,32,39)(H,34,38)/t17-,19+,24?,25?,27-,29?/m1/s1. The average Bonchev–Trinajstić information content (AvgIpc) is 2.94. The number of nitrogens with two attached hydrogens (primary N) is 1. The number of anilines is 1. The smallest absolute Gasteiger partial charge is 0.405 e. The van der Waals surface area contributed by atoms with Crippen LogP contribution in [0.25, 0.3) is 0 Å². The van der Waals surface area contributed by atoms with Crippen molar-refractivity contribution in [3.05, 3.63) is 59.7 Å². The van der Waals surface area contributed by atoms with Gasteiger partial charge in [-0.2, -0.15) is 0 Å². The number of nitrogens with one attached hydrogen (secondary N) is 1. The van der Waals surface area contributed by atoms with Gasteiger partial charge in [0.2, 0.25) is 0 Å². The van der Waals surface area contributed by atoms with E-state index in [2.05, 4.69) is 16.9 Å². The molecule has 0 spiro atoms. The Hall–Kier alpha value is -3.93. The van der Waals surface area contributed by atoms with Gasteiger partial charge in [0, 0.05) is 43.6 Å². The van der Waals surface area contributed by atoms with E-state index in [1.165, 1.54) is 38.7 Å². The molecule has 0 saturated heterocycles. The van der Waals surface area contributed by atoms with Gasteiger partial charge in [0.25, 0.3) is 5.91 Å². The number of nitrogens with zero attached hydrogens (tertiary/aromatic N) is 1. The number of carbonyl (C=O) groups is 2. The van der Waals surface area contributed by atoms with Crippen molar-refractivity contribution < 1.29 is 39.1 Å². The number of ether oxygens (including phenoxy) is 3. The van der Waals surface area contributed by atoms with Crippen molar-refractivity contribution in [2.45, 2.75) is 65.0 Å². The Morgan fingerprint density at radius 1 is 1.21 bits per heavy atom. The first-order valence-corrected chi connectivity index (χ1v) is 13.6. The molecule has 3 unspecified atom stereocenters. The molecule has 0 radical (unpaired) electrons. The molecule has 0 aromatic heterocycles. The number of phenols is 2. The quantitative estimate of drug-likeness (QED) is 0.146. The topological polar surface area (TPSA) is 173 Å². The summed E-state index contributed by atoms with van der Waals surface area (Å²) in [5.41, 5.74) is 6.69. The molecule has 2 bridgehead atoms. The highest BCUT2D eigenvalue weighted by Crippen LogP contribution is 2.44. The number of phenolic OH excluding ortho intramolecular Hbond substituents is 2. The van der Waals surface area contributed by atoms with Gasteiger partial charge < -0.3 is 40.6 Å². The van der Waals surface area contributed by atoms with Crippen molar-refractivity contribution in [1.82, 2.24) is 0 Å². The Morgan fingerprint density at radius 2 is 1.90 bits per heavy atom. The number of allylic oxidation sites excluding steroid dienone is 3. The Labute approximate surface area is 247 Å². The van der Waals surface area contributed by atoms with Crippen LogP contribution in [0.1, 0.15) is 39.7 Å². The highest BCUT2D eigenvalue weighted by Gasteiger charge is 2.30. The van der Waals surface area contributed by atoms with E-state index < -0.39 is 42.3 Å². The molecule has 2 amide bonds. The zero-order valence-electron chi connectivity index (χ0n) is 25.0. The first-order valence-electron chi connectivity index (χ1n) is 13.6. The van der Waals surface area contributed by atoms with Gasteiger partial charge in [-0.25, -0.2) is 4.79 Å². The van der Waals surface area contributed by atoms with Crippen LogP contribution in [-0.4, -0.2) is 72.2 Å². The zero-order valence-corrected chi connectivity index (χ0v) is 25.0. The molecule has 0 fully saturated rings. The normalized spacial score (nSPS) is 26.3. The number of aliphatic hydroxyl groups excluding tert-OH is 1. The second kappa shape index (κ2) is 15.9. The van der Waals surface area contributed by atoms with Crippen LogP contribution in [0.5, 0.6) is 11.5 Å². The number of methoxy groups -OCH3 is 2. The second-order valence-electron chi connectivity index (χ2n) is 10.5. The maximum absolute atomic E-state index is 13.0. The van der Waals surface area contributed by atoms with Gasteiger partial charge in [-0.1, -0.05) is 50.8 Å². The highest BCUT2D eigenvalue weighted by atomic mass is 16.6. The Morgan fingerprint density at radius 3 is 2.50 bits per heavy atom. The van der Waals surface area contributed by atoms with Crippen molar-refractivity contribution in [3.8, 4) is 11.5 Å². The number of amides is 2. The Kier molecular flexibility index (Phi) is 13.0. The number of aliphatic imine (C=N–C) groups is 1. The first kappa shape index (κ1) is 34.3. The van der Waals surface area contributed by atoms with E-state index in [1.807, 2.05) is 13.8 Å². The van der Waals surface area contributed by atoms with Crippen LogP contribution < -0.4 is 11.1 Å². The third kappa shape index (κ3) is 9.04. The molecule has 0 aliphatic carbocycles. The lowest BCUT2D eigenvalue weighted by Gasteiger charge is -2.29. The third-order valence-corrected chi connectivity index (χ3v) is 7.11. The largest absolute Gasteiger partial charge is 0.506 e. The van der Waals surface area contributed by atoms with Crippen molar-refractivity contribution in [2.75, 3.05) is 19.5 Å². The van der Waals surface area contributed by atoms with E-state index in [1.54, 1.807) is 32.1 Å². The van der Waals surface area contributed by atoms with E-state index in [4.69, 9.17) is 19.9 Å². The number of hydrogen-bond acceptors (Lipinski definition) is 9. The SMILES string of the molecule is C=CC=Nc1c(O)cc2c(O)c1C[C@@H](C)CC(OC)[C@H](O)[C@@H](C)C=C(C)C(OC(N)=O)C(OC)C=CC=C(C)C(=O)N2. The molecule has 6 N–H and O–H groups in total. The molecule has 2 rings (SSSR count). The average molecular weight is 586 g/mol. The molecular formula is C31H43N3O8. The van der Waals surface area contributed by atoms with Crippen LogP contribution in [-0.2, 0) is 25.4 Å². The summed E-state index contributed by atoms with van der Waals surface area (Å²) in [5, 5.41) is 35.9. The van der Waals surface area contributed by atoms with Gasteiger partial charge in [-0.15, -0.1) is 0 Å². The minimum Gasteiger partial charge on any atom is -0.506 e. The number of carbonyl (C=O) groups excluding carboxylic acids is 2. The van der Waals surface area contributed by atoms with Crippen LogP contribution >= 0.6 is 0 Å². The van der Waals surface area contributed by atoms with Crippen molar-refractivity contribution in [2.24, 2.45) is 22.6 Å². The number of hydrogen-bond donors (Lipinski definition) is 5. The maximum Gasteiger partial charge on any atom is 0.405 e. The molecule has 1 aliphatic rings. The van der Waals surface area contributed by atoms with Crippen molar-refractivity contribution >= 4 is 29.6 Å². The molecule has 230 valence electrons. The lowest BCUT2D eigenvalue weighted by Crippen LogP contribution is -2.37. The molecule has 6 atom stereocenters. The minimum atomic E-state index is -0.994. The predicted octanol–water partition coefficient (Wildman–Crippen LogP) is 4.45. The summed E-state index contributed by atoms with van der Waals surface area (Å²) in [4.78, 5) is 29.0. The molecule has 1 aliphatic heterocycles. The van der Waals surface area contributed by atoms with Crippen LogP contribution in [0.3, 0.4) is 0 Å². The summed E-state index contributed by atoms with van der Waals surface area (Å²) in [6.45, 7) is 10.6. The van der Waals surface area contributed by atoms with E-state index in [9.17, 15) is 24.9 Å². The first-order chi connectivity index (χ1) is 19.8. The number of fused-ring (bicyclic) bond motifs is 2. The lowest BCUT2D eigenvalue weighted by molar-refractivity contribution is -0.112. The number of benzene rings is 1. The molecule has 1 aromatic carbocycles. The van der Waals surface area contributed by atoms with Gasteiger partial charge in [-0.05, 0) is 38.2 Å². The summed E-state index contributed by atoms with van der Waals surface area (Å²) in [5.74, 6) is -1.61. The van der Waals surface area contributed by atoms with E-state index in [0.29, 0.717) is 17.6 Å². The molecule has 11 heteroatoms. The zero-order chi connectivity index (χ0) is 31.6. The second-order valence-corrected chi connectivity index (χ2v) is 10.5. The number of primary amides is 1. The summed E-state index contributed by atoms with van der Waals surface area (Å²) in [7, 11) is 2.94. The van der Waals surface area contributed by atoms with Crippen LogP contribution in [0.2, 0.25) is 0 Å². The fourth-order valence-electron chi connectivity index (χ4n) is 4.87.